The highest BCUT2D eigenvalue weighted by molar-refractivity contribution is 5.89. The van der Waals surface area contributed by atoms with Crippen molar-refractivity contribution in [3.8, 4) is 0 Å². The molecular formula is C28H31N. The summed E-state index contributed by atoms with van der Waals surface area (Å²) in [5, 5.41) is 2.96. The molecule has 6 rings (SSSR count). The monoisotopic (exact) mass is 381 g/mol. The zero-order valence-corrected chi connectivity index (χ0v) is 17.4. The first-order valence-corrected chi connectivity index (χ1v) is 11.8. The Morgan fingerprint density at radius 2 is 1.59 bits per heavy atom. The average molecular weight is 382 g/mol. The normalized spacial score (nSPS) is 23.8. The predicted molar refractivity (Wildman–Crippen MR) is 123 cm³/mol. The SMILES string of the molecule is c1ccc2c(c1)C1Cc3c4c(cc5ccccc35)CCCCCCCCN2C4C1. The minimum absolute atomic E-state index is 0.567. The largest absolute Gasteiger partial charge is 0.364 e. The molecule has 0 amide bonds. The summed E-state index contributed by atoms with van der Waals surface area (Å²) in [6.07, 6.45) is 12.0. The van der Waals surface area contributed by atoms with Crippen molar-refractivity contribution in [2.75, 3.05) is 11.4 Å². The maximum atomic E-state index is 2.80. The molecule has 0 aromatic heterocycles. The lowest BCUT2D eigenvalue weighted by atomic mass is 9.70. The van der Waals surface area contributed by atoms with Crippen molar-refractivity contribution in [2.24, 2.45) is 0 Å². The molecule has 3 aliphatic rings. The molecule has 1 nitrogen and oxygen atoms in total. The Morgan fingerprint density at radius 1 is 0.793 bits per heavy atom. The molecule has 0 radical (unpaired) electrons. The number of anilines is 1. The maximum Gasteiger partial charge on any atom is 0.0554 e. The second-order valence-electron chi connectivity index (χ2n) is 9.43. The van der Waals surface area contributed by atoms with Gasteiger partial charge in [-0.2, -0.15) is 0 Å². The quantitative estimate of drug-likeness (QED) is 0.394. The van der Waals surface area contributed by atoms with E-state index < -0.39 is 0 Å². The van der Waals surface area contributed by atoms with Gasteiger partial charge in [0.05, 0.1) is 6.04 Å². The second-order valence-corrected chi connectivity index (χ2v) is 9.43. The number of rotatable bonds is 0. The molecule has 2 aliphatic heterocycles. The Bertz CT molecular complexity index is 1050. The number of hydrogen-bond donors (Lipinski definition) is 0. The summed E-state index contributed by atoms with van der Waals surface area (Å²) in [5.74, 6) is 0.673. The number of para-hydroxylation sites is 1. The van der Waals surface area contributed by atoms with Crippen LogP contribution in [0.2, 0.25) is 0 Å². The van der Waals surface area contributed by atoms with E-state index in [2.05, 4.69) is 59.5 Å². The van der Waals surface area contributed by atoms with Crippen molar-refractivity contribution in [1.29, 1.82) is 0 Å². The minimum Gasteiger partial charge on any atom is -0.364 e. The lowest BCUT2D eigenvalue weighted by Gasteiger charge is -2.47. The van der Waals surface area contributed by atoms with E-state index in [0.29, 0.717) is 12.0 Å². The molecule has 2 unspecified atom stereocenters. The van der Waals surface area contributed by atoms with Gasteiger partial charge in [-0.3, -0.25) is 0 Å². The number of aryl methyl sites for hydroxylation is 1. The average Bonchev–Trinajstić information content (AvgIpc) is 2.76. The van der Waals surface area contributed by atoms with Gasteiger partial charge in [-0.05, 0) is 77.1 Å². The van der Waals surface area contributed by atoms with E-state index in [0.717, 1.165) is 0 Å². The summed E-state index contributed by atoms with van der Waals surface area (Å²) in [7, 11) is 0. The van der Waals surface area contributed by atoms with Crippen LogP contribution in [0.1, 0.15) is 79.2 Å². The Balaban J connectivity index is 1.58. The fourth-order valence-corrected chi connectivity index (χ4v) is 6.42. The third-order valence-electron chi connectivity index (χ3n) is 7.74. The van der Waals surface area contributed by atoms with Gasteiger partial charge < -0.3 is 4.90 Å². The molecule has 1 aliphatic carbocycles. The zero-order chi connectivity index (χ0) is 19.2. The molecule has 0 fully saturated rings. The van der Waals surface area contributed by atoms with Gasteiger partial charge >= 0.3 is 0 Å². The molecule has 3 aromatic rings. The van der Waals surface area contributed by atoms with Gasteiger partial charge in [-0.15, -0.1) is 0 Å². The first kappa shape index (κ1) is 17.6. The van der Waals surface area contributed by atoms with Crippen LogP contribution in [0.4, 0.5) is 5.69 Å². The highest BCUT2D eigenvalue weighted by Crippen LogP contribution is 2.52. The lowest BCUT2D eigenvalue weighted by molar-refractivity contribution is 0.433. The van der Waals surface area contributed by atoms with Crippen LogP contribution < -0.4 is 4.90 Å². The van der Waals surface area contributed by atoms with Gasteiger partial charge in [0, 0.05) is 12.2 Å². The van der Waals surface area contributed by atoms with E-state index in [1.54, 1.807) is 22.3 Å². The van der Waals surface area contributed by atoms with Crippen molar-refractivity contribution in [1.82, 2.24) is 0 Å². The van der Waals surface area contributed by atoms with Crippen LogP contribution in [0.15, 0.2) is 54.6 Å². The van der Waals surface area contributed by atoms with Crippen LogP contribution in [0, 0.1) is 0 Å². The van der Waals surface area contributed by atoms with Crippen molar-refractivity contribution in [2.45, 2.75) is 69.7 Å². The van der Waals surface area contributed by atoms with Crippen molar-refractivity contribution in [3.63, 3.8) is 0 Å². The Morgan fingerprint density at radius 3 is 2.55 bits per heavy atom. The molecule has 29 heavy (non-hydrogen) atoms. The molecule has 0 saturated heterocycles. The minimum atomic E-state index is 0.567. The highest BCUT2D eigenvalue weighted by atomic mass is 15.2. The van der Waals surface area contributed by atoms with Crippen LogP contribution in [-0.2, 0) is 12.8 Å². The Hall–Kier alpha value is -2.28. The van der Waals surface area contributed by atoms with E-state index in [1.807, 2.05) is 0 Å². The van der Waals surface area contributed by atoms with Crippen LogP contribution in [0.3, 0.4) is 0 Å². The first-order chi connectivity index (χ1) is 14.4. The maximum absolute atomic E-state index is 2.80. The van der Waals surface area contributed by atoms with Crippen LogP contribution in [0.5, 0.6) is 0 Å². The molecule has 0 N–H and O–H groups in total. The molecule has 2 atom stereocenters. The van der Waals surface area contributed by atoms with Gasteiger partial charge in [-0.25, -0.2) is 0 Å². The topological polar surface area (TPSA) is 3.24 Å². The molecule has 0 saturated carbocycles. The van der Waals surface area contributed by atoms with E-state index in [9.17, 15) is 0 Å². The van der Waals surface area contributed by atoms with Crippen LogP contribution in [0.25, 0.3) is 10.8 Å². The van der Waals surface area contributed by atoms with Gasteiger partial charge in [0.2, 0.25) is 0 Å². The predicted octanol–water partition coefficient (Wildman–Crippen LogP) is 7.33. The summed E-state index contributed by atoms with van der Waals surface area (Å²) in [5.41, 5.74) is 8.13. The van der Waals surface area contributed by atoms with E-state index in [4.69, 9.17) is 0 Å². The first-order valence-electron chi connectivity index (χ1n) is 11.8. The molecule has 3 aromatic carbocycles. The van der Waals surface area contributed by atoms with Crippen molar-refractivity contribution < 1.29 is 0 Å². The summed E-state index contributed by atoms with van der Waals surface area (Å²) in [6.45, 7) is 1.21. The lowest BCUT2D eigenvalue weighted by Crippen LogP contribution is -2.39. The van der Waals surface area contributed by atoms with Gasteiger partial charge in [-0.1, -0.05) is 74.2 Å². The fourth-order valence-electron chi connectivity index (χ4n) is 6.42. The van der Waals surface area contributed by atoms with E-state index in [-0.39, 0.29) is 0 Å². The van der Waals surface area contributed by atoms with Gasteiger partial charge in [0.15, 0.2) is 0 Å². The third kappa shape index (κ3) is 2.89. The van der Waals surface area contributed by atoms with E-state index >= 15 is 0 Å². The number of fused-ring (bicyclic) bond motifs is 6. The third-order valence-corrected chi connectivity index (χ3v) is 7.74. The standard InChI is InChI=1S/C28H31N/c1-2-4-10-16-29-26-15-9-8-14-24(26)22-18-25-23-13-7-6-11-20(23)17-21(12-5-3-1)28(25)27(29)19-22/h6-9,11,13-15,17,22,27H,1-5,10,12,16,18-19H2. The van der Waals surface area contributed by atoms with Gasteiger partial charge in [0.25, 0.3) is 0 Å². The molecular weight excluding hydrogens is 350 g/mol. The second kappa shape index (κ2) is 7.20. The van der Waals surface area contributed by atoms with E-state index in [1.165, 1.54) is 80.8 Å². The number of nitrogens with zero attached hydrogens (tertiary/aromatic N) is 1. The molecule has 148 valence electrons. The molecule has 1 heteroatoms. The zero-order valence-electron chi connectivity index (χ0n) is 17.4. The Labute approximate surface area is 174 Å². The number of hydrogen-bond acceptors (Lipinski definition) is 1. The summed E-state index contributed by atoms with van der Waals surface area (Å²) in [6, 6.07) is 21.6. The molecule has 0 spiro atoms. The van der Waals surface area contributed by atoms with Gasteiger partial charge in [0.1, 0.15) is 0 Å². The van der Waals surface area contributed by atoms with Crippen LogP contribution >= 0.6 is 0 Å². The summed E-state index contributed by atoms with van der Waals surface area (Å²) in [4.78, 5) is 2.80. The molecule has 2 bridgehead atoms. The summed E-state index contributed by atoms with van der Waals surface area (Å²) >= 11 is 0. The highest BCUT2D eigenvalue weighted by Gasteiger charge is 2.39. The summed E-state index contributed by atoms with van der Waals surface area (Å²) < 4.78 is 0. The number of benzene rings is 3. The van der Waals surface area contributed by atoms with Crippen LogP contribution in [-0.4, -0.2) is 6.54 Å². The Kier molecular flexibility index (Phi) is 4.36. The van der Waals surface area contributed by atoms with Crippen molar-refractivity contribution >= 4 is 16.5 Å². The smallest absolute Gasteiger partial charge is 0.0554 e. The molecule has 2 heterocycles. The fraction of sp³-hybridized carbons (Fsp3) is 0.429. The van der Waals surface area contributed by atoms with Crippen molar-refractivity contribution in [3.05, 3.63) is 76.9 Å².